The molecule has 1 aromatic heterocycles. The van der Waals surface area contributed by atoms with Crippen LogP contribution in [0, 0.1) is 0 Å². The summed E-state index contributed by atoms with van der Waals surface area (Å²) in [5.41, 5.74) is 2.57. The Hall–Kier alpha value is -2.87. The average Bonchev–Trinajstić information content (AvgIpc) is 2.76. The number of amides is 1. The molecule has 0 aliphatic heterocycles. The maximum atomic E-state index is 12.8. The third-order valence-electron chi connectivity index (χ3n) is 4.54. The maximum Gasteiger partial charge on any atom is 0.262 e. The summed E-state index contributed by atoms with van der Waals surface area (Å²) in [7, 11) is 4.10. The standard InChI is InChI=1S/C23H25Cl2N5O2/c1-4-32-22-17(21(31)28-20-18(24)6-5-7-19(20)25)14-26-23(29-22)27-16-10-8-15(9-11-16)12-13-30(2)3/h5-11,14H,4,12-13H2,1-3H3,(H,28,31)(H,26,27,29). The second kappa shape index (κ2) is 11.1. The number of carbonyl (C=O) groups excluding carboxylic acids is 1. The molecule has 0 saturated carbocycles. The number of nitrogens with one attached hydrogen (secondary N) is 2. The highest BCUT2D eigenvalue weighted by atomic mass is 35.5. The van der Waals surface area contributed by atoms with Crippen LogP contribution >= 0.6 is 23.2 Å². The van der Waals surface area contributed by atoms with Crippen LogP contribution in [0.5, 0.6) is 5.88 Å². The quantitative estimate of drug-likeness (QED) is 0.439. The molecule has 2 N–H and O–H groups in total. The fraction of sp³-hybridized carbons (Fsp3) is 0.261. The predicted octanol–water partition coefficient (Wildman–Crippen LogP) is 5.28. The molecule has 0 bridgehead atoms. The third-order valence-corrected chi connectivity index (χ3v) is 5.17. The number of carbonyl (C=O) groups is 1. The molecule has 1 heterocycles. The molecule has 2 aromatic carbocycles. The van der Waals surface area contributed by atoms with E-state index in [2.05, 4.69) is 51.7 Å². The highest BCUT2D eigenvalue weighted by molar-refractivity contribution is 6.40. The topological polar surface area (TPSA) is 79.4 Å². The fourth-order valence-electron chi connectivity index (χ4n) is 2.86. The zero-order valence-electron chi connectivity index (χ0n) is 18.2. The van der Waals surface area contributed by atoms with Crippen molar-refractivity contribution in [1.82, 2.24) is 14.9 Å². The largest absolute Gasteiger partial charge is 0.477 e. The minimum absolute atomic E-state index is 0.160. The van der Waals surface area contributed by atoms with Gasteiger partial charge >= 0.3 is 0 Å². The number of benzene rings is 2. The highest BCUT2D eigenvalue weighted by Gasteiger charge is 2.18. The number of hydrogen-bond acceptors (Lipinski definition) is 6. The first-order chi connectivity index (χ1) is 15.4. The highest BCUT2D eigenvalue weighted by Crippen LogP contribution is 2.31. The van der Waals surface area contributed by atoms with Crippen LogP contribution in [0.3, 0.4) is 0 Å². The zero-order chi connectivity index (χ0) is 23.1. The molecule has 0 aliphatic carbocycles. The smallest absolute Gasteiger partial charge is 0.262 e. The van der Waals surface area contributed by atoms with E-state index in [1.807, 2.05) is 19.1 Å². The molecule has 3 rings (SSSR count). The van der Waals surface area contributed by atoms with Gasteiger partial charge in [-0.1, -0.05) is 41.4 Å². The number of nitrogens with zero attached hydrogens (tertiary/aromatic N) is 3. The first-order valence-corrected chi connectivity index (χ1v) is 10.9. The summed E-state index contributed by atoms with van der Waals surface area (Å²) in [6.45, 7) is 3.13. The summed E-state index contributed by atoms with van der Waals surface area (Å²) in [5.74, 6) is 0.00958. The molecule has 9 heteroatoms. The second-order valence-corrected chi connectivity index (χ2v) is 8.09. The molecule has 0 saturated heterocycles. The van der Waals surface area contributed by atoms with E-state index in [-0.39, 0.29) is 11.4 Å². The Morgan fingerprint density at radius 1 is 1.09 bits per heavy atom. The Kier molecular flexibility index (Phi) is 8.27. The minimum atomic E-state index is -0.472. The Labute approximate surface area is 197 Å². The van der Waals surface area contributed by atoms with Crippen LogP contribution in [0.1, 0.15) is 22.8 Å². The van der Waals surface area contributed by atoms with Crippen LogP contribution in [0.15, 0.2) is 48.7 Å². The number of anilines is 3. The van der Waals surface area contributed by atoms with E-state index in [1.54, 1.807) is 18.2 Å². The van der Waals surface area contributed by atoms with Gasteiger partial charge in [-0.15, -0.1) is 0 Å². The number of aromatic nitrogens is 2. The number of likely N-dealkylation sites (N-methyl/N-ethyl adjacent to an activating group) is 1. The Balaban J connectivity index is 1.76. The van der Waals surface area contributed by atoms with Gasteiger partial charge in [-0.3, -0.25) is 4.79 Å². The molecule has 32 heavy (non-hydrogen) atoms. The van der Waals surface area contributed by atoms with Crippen molar-refractivity contribution in [3.63, 3.8) is 0 Å². The van der Waals surface area contributed by atoms with Crippen LogP contribution < -0.4 is 15.4 Å². The summed E-state index contributed by atoms with van der Waals surface area (Å²) in [4.78, 5) is 23.6. The van der Waals surface area contributed by atoms with E-state index < -0.39 is 5.91 Å². The normalized spacial score (nSPS) is 10.8. The molecule has 0 aliphatic rings. The van der Waals surface area contributed by atoms with E-state index in [1.165, 1.54) is 11.8 Å². The van der Waals surface area contributed by atoms with Crippen molar-refractivity contribution in [3.8, 4) is 5.88 Å². The first kappa shape index (κ1) is 23.8. The lowest BCUT2D eigenvalue weighted by molar-refractivity contribution is 0.102. The summed E-state index contributed by atoms with van der Waals surface area (Å²) < 4.78 is 5.59. The van der Waals surface area contributed by atoms with Gasteiger partial charge in [0.05, 0.1) is 22.3 Å². The van der Waals surface area contributed by atoms with E-state index >= 15 is 0 Å². The van der Waals surface area contributed by atoms with E-state index in [4.69, 9.17) is 27.9 Å². The van der Waals surface area contributed by atoms with Gasteiger partial charge in [0.15, 0.2) is 0 Å². The Morgan fingerprint density at radius 2 is 1.78 bits per heavy atom. The van der Waals surface area contributed by atoms with Gasteiger partial charge in [0.25, 0.3) is 5.91 Å². The number of ether oxygens (including phenoxy) is 1. The predicted molar refractivity (Wildman–Crippen MR) is 130 cm³/mol. The second-order valence-electron chi connectivity index (χ2n) is 7.27. The van der Waals surface area contributed by atoms with E-state index in [0.717, 1.165) is 18.7 Å². The molecule has 1 amide bonds. The van der Waals surface area contributed by atoms with Crippen molar-refractivity contribution in [2.75, 3.05) is 37.9 Å². The average molecular weight is 474 g/mol. The minimum Gasteiger partial charge on any atom is -0.477 e. The summed E-state index contributed by atoms with van der Waals surface area (Å²) in [6.07, 6.45) is 2.38. The molecule has 0 atom stereocenters. The van der Waals surface area contributed by atoms with Crippen molar-refractivity contribution < 1.29 is 9.53 Å². The van der Waals surface area contributed by atoms with Gasteiger partial charge in [0.2, 0.25) is 11.8 Å². The summed E-state index contributed by atoms with van der Waals surface area (Å²) >= 11 is 12.3. The van der Waals surface area contributed by atoms with Gasteiger partial charge in [-0.25, -0.2) is 4.98 Å². The molecule has 3 aromatic rings. The molecule has 7 nitrogen and oxygen atoms in total. The molecule has 0 spiro atoms. The molecular formula is C23H25Cl2N5O2. The summed E-state index contributed by atoms with van der Waals surface area (Å²) in [5, 5.41) is 6.51. The van der Waals surface area contributed by atoms with Crippen LogP contribution in [-0.4, -0.2) is 48.0 Å². The number of hydrogen-bond donors (Lipinski definition) is 2. The SMILES string of the molecule is CCOc1nc(Nc2ccc(CCN(C)C)cc2)ncc1C(=O)Nc1c(Cl)cccc1Cl. The van der Waals surface area contributed by atoms with Crippen LogP contribution in [0.2, 0.25) is 10.0 Å². The van der Waals surface area contributed by atoms with Gasteiger partial charge in [-0.2, -0.15) is 4.98 Å². The molecular weight excluding hydrogens is 449 g/mol. The number of rotatable bonds is 9. The number of halogens is 2. The fourth-order valence-corrected chi connectivity index (χ4v) is 3.36. The van der Waals surface area contributed by atoms with Gasteiger partial charge in [0.1, 0.15) is 5.56 Å². The molecule has 0 radical (unpaired) electrons. The molecule has 0 unspecified atom stereocenters. The summed E-state index contributed by atoms with van der Waals surface area (Å²) in [6, 6.07) is 13.0. The van der Waals surface area contributed by atoms with Gasteiger partial charge in [-0.05, 0) is 57.3 Å². The molecule has 168 valence electrons. The van der Waals surface area contributed by atoms with Crippen LogP contribution in [0.25, 0.3) is 0 Å². The lowest BCUT2D eigenvalue weighted by Crippen LogP contribution is -2.16. The maximum absolute atomic E-state index is 12.8. The molecule has 0 fully saturated rings. The monoisotopic (exact) mass is 473 g/mol. The Bertz CT molecular complexity index is 1050. The van der Waals surface area contributed by atoms with Crippen molar-refractivity contribution in [3.05, 3.63) is 69.8 Å². The third kappa shape index (κ3) is 6.32. The van der Waals surface area contributed by atoms with Crippen molar-refractivity contribution in [1.29, 1.82) is 0 Å². The Morgan fingerprint density at radius 3 is 2.41 bits per heavy atom. The van der Waals surface area contributed by atoms with Crippen LogP contribution in [-0.2, 0) is 6.42 Å². The van der Waals surface area contributed by atoms with Crippen molar-refractivity contribution in [2.45, 2.75) is 13.3 Å². The van der Waals surface area contributed by atoms with E-state index in [0.29, 0.717) is 28.3 Å². The van der Waals surface area contributed by atoms with Crippen molar-refractivity contribution in [2.24, 2.45) is 0 Å². The van der Waals surface area contributed by atoms with E-state index in [9.17, 15) is 4.79 Å². The zero-order valence-corrected chi connectivity index (χ0v) is 19.7. The number of para-hydroxylation sites is 1. The lowest BCUT2D eigenvalue weighted by atomic mass is 10.1. The van der Waals surface area contributed by atoms with Gasteiger partial charge < -0.3 is 20.3 Å². The van der Waals surface area contributed by atoms with Gasteiger partial charge in [0, 0.05) is 18.4 Å². The van der Waals surface area contributed by atoms with Crippen molar-refractivity contribution >= 4 is 46.4 Å². The van der Waals surface area contributed by atoms with Crippen LogP contribution in [0.4, 0.5) is 17.3 Å². The lowest BCUT2D eigenvalue weighted by Gasteiger charge is -2.13. The first-order valence-electron chi connectivity index (χ1n) is 10.1.